The number of fused-ring (bicyclic) bond motifs is 12. The average Bonchev–Trinajstić information content (AvgIpc) is 4.03. The molecular weight excluding hydrogens is 703 g/mol. The van der Waals surface area contributed by atoms with Crippen LogP contribution < -0.4 is 4.90 Å². The Hall–Kier alpha value is -7.62. The molecule has 1 aliphatic rings. The first kappa shape index (κ1) is 31.6. The van der Waals surface area contributed by atoms with E-state index in [4.69, 9.17) is 0 Å². The maximum absolute atomic E-state index is 2.51. The van der Waals surface area contributed by atoms with Gasteiger partial charge < -0.3 is 13.9 Å². The van der Waals surface area contributed by atoms with E-state index in [1.165, 1.54) is 93.3 Å². The molecule has 12 aromatic rings. The molecule has 3 aromatic heterocycles. The van der Waals surface area contributed by atoms with Gasteiger partial charge in [-0.05, 0) is 94.4 Å². The van der Waals surface area contributed by atoms with E-state index in [1.54, 1.807) is 0 Å². The standard InChI is InChI=1S/C55H35N3/c1-2-14-40-37(13-1)33-38-28-27-36(34-47(38)40)35-29-31-39(32-30-35)56(51-24-9-10-25-52(51)57-48-21-6-3-15-41(48)42-16-4-7-22-49(42)57)53-26-12-20-46-45-19-11-18-44-43-17-5-8-23-50(43)58(54(44)45)55(46)53/h1-32,34H,33H2. The Morgan fingerprint density at radius 3 is 1.67 bits per heavy atom. The maximum Gasteiger partial charge on any atom is 0.0782 e. The number of para-hydroxylation sites is 7. The summed E-state index contributed by atoms with van der Waals surface area (Å²) in [6, 6.07) is 74.0. The van der Waals surface area contributed by atoms with Crippen molar-refractivity contribution in [3.63, 3.8) is 0 Å². The molecule has 0 unspecified atom stereocenters. The molecule has 9 aromatic carbocycles. The fourth-order valence-corrected chi connectivity index (χ4v) is 10.2. The lowest BCUT2D eigenvalue weighted by Gasteiger charge is -2.29. The van der Waals surface area contributed by atoms with Crippen LogP contribution in [0.2, 0.25) is 0 Å². The van der Waals surface area contributed by atoms with Crippen LogP contribution in [-0.2, 0) is 6.42 Å². The first-order valence-corrected chi connectivity index (χ1v) is 20.2. The minimum Gasteiger partial charge on any atom is -0.307 e. The van der Waals surface area contributed by atoms with Gasteiger partial charge in [0, 0.05) is 38.0 Å². The zero-order valence-electron chi connectivity index (χ0n) is 31.6. The Morgan fingerprint density at radius 1 is 0.362 bits per heavy atom. The predicted molar refractivity (Wildman–Crippen MR) is 244 cm³/mol. The molecule has 270 valence electrons. The largest absolute Gasteiger partial charge is 0.307 e. The highest BCUT2D eigenvalue weighted by Gasteiger charge is 2.26. The summed E-state index contributed by atoms with van der Waals surface area (Å²) in [6.07, 6.45) is 0.999. The predicted octanol–water partition coefficient (Wildman–Crippen LogP) is 14.6. The molecule has 0 amide bonds. The Morgan fingerprint density at radius 2 is 0.897 bits per heavy atom. The number of nitrogens with zero attached hydrogens (tertiary/aromatic N) is 3. The quantitative estimate of drug-likeness (QED) is 0.171. The van der Waals surface area contributed by atoms with Gasteiger partial charge in [0.25, 0.3) is 0 Å². The molecule has 3 heterocycles. The number of hydrogen-bond donors (Lipinski definition) is 0. The van der Waals surface area contributed by atoms with Crippen LogP contribution in [0.3, 0.4) is 0 Å². The van der Waals surface area contributed by atoms with Crippen LogP contribution in [0.4, 0.5) is 17.1 Å². The maximum atomic E-state index is 2.51. The summed E-state index contributed by atoms with van der Waals surface area (Å²) in [6.45, 7) is 0. The summed E-state index contributed by atoms with van der Waals surface area (Å²) in [4.78, 5) is 2.49. The topological polar surface area (TPSA) is 12.6 Å². The average molecular weight is 738 g/mol. The van der Waals surface area contributed by atoms with E-state index < -0.39 is 0 Å². The summed E-state index contributed by atoms with van der Waals surface area (Å²) in [5, 5.41) is 7.58. The van der Waals surface area contributed by atoms with E-state index in [0.717, 1.165) is 29.2 Å². The molecule has 0 spiro atoms. The third-order valence-corrected chi connectivity index (χ3v) is 12.7. The smallest absolute Gasteiger partial charge is 0.0782 e. The van der Waals surface area contributed by atoms with E-state index in [0.29, 0.717) is 0 Å². The molecule has 1 aliphatic carbocycles. The van der Waals surface area contributed by atoms with Gasteiger partial charge in [-0.2, -0.15) is 0 Å². The van der Waals surface area contributed by atoms with Gasteiger partial charge in [-0.15, -0.1) is 0 Å². The van der Waals surface area contributed by atoms with Crippen molar-refractivity contribution in [1.82, 2.24) is 8.97 Å². The van der Waals surface area contributed by atoms with Crippen molar-refractivity contribution in [2.45, 2.75) is 6.42 Å². The van der Waals surface area contributed by atoms with Crippen molar-refractivity contribution >= 4 is 77.0 Å². The first-order chi connectivity index (χ1) is 28.8. The Kier molecular flexibility index (Phi) is 6.50. The molecular formula is C55H35N3. The second-order valence-corrected chi connectivity index (χ2v) is 15.7. The third-order valence-electron chi connectivity index (χ3n) is 12.7. The Labute approximate surface area is 335 Å². The lowest BCUT2D eigenvalue weighted by atomic mass is 9.98. The second-order valence-electron chi connectivity index (χ2n) is 15.7. The number of anilines is 3. The lowest BCUT2D eigenvalue weighted by Crippen LogP contribution is -2.14. The summed E-state index contributed by atoms with van der Waals surface area (Å²) in [7, 11) is 0. The van der Waals surface area contributed by atoms with Crippen LogP contribution in [0.5, 0.6) is 0 Å². The van der Waals surface area contributed by atoms with E-state index in [2.05, 4.69) is 214 Å². The van der Waals surface area contributed by atoms with Crippen molar-refractivity contribution < 1.29 is 0 Å². The van der Waals surface area contributed by atoms with Gasteiger partial charge in [0.15, 0.2) is 0 Å². The molecule has 0 fully saturated rings. The van der Waals surface area contributed by atoms with Gasteiger partial charge >= 0.3 is 0 Å². The molecule has 0 aliphatic heterocycles. The second kappa shape index (κ2) is 11.9. The molecule has 0 N–H and O–H groups in total. The lowest BCUT2D eigenvalue weighted by molar-refractivity contribution is 1.15. The van der Waals surface area contributed by atoms with Crippen LogP contribution in [0.15, 0.2) is 200 Å². The van der Waals surface area contributed by atoms with Crippen molar-refractivity contribution in [2.24, 2.45) is 0 Å². The zero-order valence-corrected chi connectivity index (χ0v) is 31.6. The molecule has 13 rings (SSSR count). The van der Waals surface area contributed by atoms with Gasteiger partial charge in [0.2, 0.25) is 0 Å². The highest BCUT2D eigenvalue weighted by Crippen LogP contribution is 2.48. The van der Waals surface area contributed by atoms with Crippen molar-refractivity contribution in [3.8, 4) is 27.9 Å². The minimum atomic E-state index is 0.999. The molecule has 3 heteroatoms. The monoisotopic (exact) mass is 737 g/mol. The van der Waals surface area contributed by atoms with Crippen LogP contribution >= 0.6 is 0 Å². The highest BCUT2D eigenvalue weighted by molar-refractivity contribution is 6.25. The molecule has 0 radical (unpaired) electrons. The van der Waals surface area contributed by atoms with Gasteiger partial charge in [0.05, 0.1) is 44.6 Å². The van der Waals surface area contributed by atoms with E-state index >= 15 is 0 Å². The molecule has 58 heavy (non-hydrogen) atoms. The van der Waals surface area contributed by atoms with Crippen molar-refractivity contribution in [1.29, 1.82) is 0 Å². The fourth-order valence-electron chi connectivity index (χ4n) is 10.2. The van der Waals surface area contributed by atoms with Crippen LogP contribution in [0.1, 0.15) is 11.1 Å². The van der Waals surface area contributed by atoms with Crippen molar-refractivity contribution in [3.05, 3.63) is 211 Å². The van der Waals surface area contributed by atoms with Gasteiger partial charge in [-0.25, -0.2) is 0 Å². The summed E-state index contributed by atoms with van der Waals surface area (Å²) in [5.41, 5.74) is 18.5. The molecule has 0 atom stereocenters. The SMILES string of the molecule is c1ccc2c(c1)Cc1ccc(-c3ccc(N(c4ccccc4-n4c5ccccc5c5ccccc54)c4cccc5c6cccc7c8ccccc8n(c45)c76)cc3)cc1-2. The fraction of sp³-hybridized carbons (Fsp3) is 0.0182. The number of hydrogen-bond acceptors (Lipinski definition) is 1. The zero-order chi connectivity index (χ0) is 37.9. The van der Waals surface area contributed by atoms with Crippen molar-refractivity contribution in [2.75, 3.05) is 4.90 Å². The molecule has 0 saturated carbocycles. The molecule has 3 nitrogen and oxygen atoms in total. The summed E-state index contributed by atoms with van der Waals surface area (Å²) in [5.74, 6) is 0. The number of benzene rings is 9. The number of aromatic nitrogens is 2. The Balaban J connectivity index is 1.08. The highest BCUT2D eigenvalue weighted by atomic mass is 15.2. The minimum absolute atomic E-state index is 0.999. The number of rotatable bonds is 5. The summed E-state index contributed by atoms with van der Waals surface area (Å²) < 4.78 is 4.96. The normalized spacial score (nSPS) is 12.4. The van der Waals surface area contributed by atoms with E-state index in [-0.39, 0.29) is 0 Å². The summed E-state index contributed by atoms with van der Waals surface area (Å²) >= 11 is 0. The molecule has 0 bridgehead atoms. The van der Waals surface area contributed by atoms with Crippen LogP contribution in [0, 0.1) is 0 Å². The van der Waals surface area contributed by atoms with E-state index in [9.17, 15) is 0 Å². The van der Waals surface area contributed by atoms with Gasteiger partial charge in [0.1, 0.15) is 0 Å². The van der Waals surface area contributed by atoms with Gasteiger partial charge in [-0.3, -0.25) is 0 Å². The van der Waals surface area contributed by atoms with Crippen LogP contribution in [0.25, 0.3) is 87.8 Å². The third kappa shape index (κ3) is 4.33. The Bertz CT molecular complexity index is 3550. The van der Waals surface area contributed by atoms with Gasteiger partial charge in [-0.1, -0.05) is 146 Å². The molecule has 0 saturated heterocycles. The van der Waals surface area contributed by atoms with E-state index in [1.807, 2.05) is 0 Å². The van der Waals surface area contributed by atoms with Crippen LogP contribution in [-0.4, -0.2) is 8.97 Å². The first-order valence-electron chi connectivity index (χ1n) is 20.2.